The van der Waals surface area contributed by atoms with E-state index in [0.717, 1.165) is 19.3 Å². The molecule has 0 amide bonds. The second kappa shape index (κ2) is 9.54. The van der Waals surface area contributed by atoms with Crippen molar-refractivity contribution in [3.8, 4) is 0 Å². The topological polar surface area (TPSA) is 78.1 Å². The lowest BCUT2D eigenvalue weighted by molar-refractivity contribution is 0.455. The molecule has 0 atom stereocenters. The van der Waals surface area contributed by atoms with Crippen LogP contribution >= 0.6 is 0 Å². The molecule has 0 saturated carbocycles. The predicted octanol–water partition coefficient (Wildman–Crippen LogP) is 4.02. The van der Waals surface area contributed by atoms with Crippen LogP contribution in [0.2, 0.25) is 0 Å². The van der Waals surface area contributed by atoms with Gasteiger partial charge in [0.15, 0.2) is 0 Å². The first-order valence-electron chi connectivity index (χ1n) is 11.4. The van der Waals surface area contributed by atoms with Crippen molar-refractivity contribution in [2.45, 2.75) is 91.1 Å². The fourth-order valence-corrected chi connectivity index (χ4v) is 4.46. The summed E-state index contributed by atoms with van der Waals surface area (Å²) in [5.74, 6) is 0. The van der Waals surface area contributed by atoms with Gasteiger partial charge >= 0.3 is 0 Å². The summed E-state index contributed by atoms with van der Waals surface area (Å²) in [6, 6.07) is 2.74. The lowest BCUT2D eigenvalue weighted by Crippen LogP contribution is -2.29. The van der Waals surface area contributed by atoms with Gasteiger partial charge in [-0.05, 0) is 31.4 Å². The van der Waals surface area contributed by atoms with E-state index in [0.29, 0.717) is 19.4 Å². The maximum atomic E-state index is 12.9. The monoisotopic (exact) mass is 412 g/mol. The van der Waals surface area contributed by atoms with Crippen LogP contribution in [0.5, 0.6) is 0 Å². The second-order valence-electron chi connectivity index (χ2n) is 8.28. The molecule has 2 aromatic heterocycles. The molecular formula is C24H32N2O4. The first-order chi connectivity index (χ1) is 14.5. The Kier molecular flexibility index (Phi) is 7.06. The Morgan fingerprint density at radius 2 is 1.07 bits per heavy atom. The van der Waals surface area contributed by atoms with Crippen LogP contribution in [0.4, 0.5) is 0 Å². The van der Waals surface area contributed by atoms with Crippen LogP contribution in [-0.4, -0.2) is 9.13 Å². The van der Waals surface area contributed by atoms with Crippen molar-refractivity contribution in [1.82, 2.24) is 9.13 Å². The number of rotatable bonds is 11. The highest BCUT2D eigenvalue weighted by Gasteiger charge is 2.21. The molecule has 0 spiro atoms. The Bertz CT molecular complexity index is 1140. The first-order valence-corrected chi connectivity index (χ1v) is 11.4. The van der Waals surface area contributed by atoms with E-state index in [4.69, 9.17) is 0 Å². The molecule has 0 radical (unpaired) electrons. The summed E-state index contributed by atoms with van der Waals surface area (Å²) >= 11 is 0. The quantitative estimate of drug-likeness (QED) is 0.446. The molecule has 0 aliphatic rings. The van der Waals surface area contributed by atoms with Gasteiger partial charge in [-0.25, -0.2) is 0 Å². The highest BCUT2D eigenvalue weighted by molar-refractivity contribution is 5.97. The van der Waals surface area contributed by atoms with Crippen molar-refractivity contribution < 1.29 is 0 Å². The Balaban J connectivity index is 1.93. The lowest BCUT2D eigenvalue weighted by Gasteiger charge is -2.11. The van der Waals surface area contributed by atoms with Crippen LogP contribution in [0.15, 0.2) is 31.3 Å². The van der Waals surface area contributed by atoms with Crippen molar-refractivity contribution in [2.75, 3.05) is 0 Å². The van der Waals surface area contributed by atoms with Crippen LogP contribution < -0.4 is 22.2 Å². The van der Waals surface area contributed by atoms with E-state index in [-0.39, 0.29) is 49.8 Å². The van der Waals surface area contributed by atoms with Crippen molar-refractivity contribution in [3.63, 3.8) is 0 Å². The molecule has 162 valence electrons. The maximum Gasteiger partial charge on any atom is 0.261 e. The van der Waals surface area contributed by atoms with E-state index >= 15 is 0 Å². The molecule has 0 aliphatic heterocycles. The van der Waals surface area contributed by atoms with E-state index in [1.807, 2.05) is 13.8 Å². The summed E-state index contributed by atoms with van der Waals surface area (Å²) in [6.45, 7) is 6.44. The largest absolute Gasteiger partial charge is 0.274 e. The van der Waals surface area contributed by atoms with Crippen LogP contribution in [-0.2, 0) is 6.54 Å². The van der Waals surface area contributed by atoms with Crippen LogP contribution in [0.1, 0.15) is 84.6 Å². The molecule has 3 rings (SSSR count). The van der Waals surface area contributed by atoms with Crippen molar-refractivity contribution in [3.05, 3.63) is 53.5 Å². The molecule has 1 aromatic carbocycles. The number of fused-ring (bicyclic) bond motifs is 2. The standard InChI is InChI=1S/C24H32N2O4/c1-4-7-8-9-10-11-12-13-25-21(27)17-14-19-20(15-18(17)22(25)28)24(30)26(23(19)29)16(5-2)6-3/h14-16H,4-13H2,1-3H3. The summed E-state index contributed by atoms with van der Waals surface area (Å²) in [6.07, 6.45) is 9.07. The third-order valence-corrected chi connectivity index (χ3v) is 6.30. The van der Waals surface area contributed by atoms with E-state index in [2.05, 4.69) is 6.92 Å². The van der Waals surface area contributed by atoms with Gasteiger partial charge in [0.25, 0.3) is 22.2 Å². The average molecular weight is 413 g/mol. The molecule has 0 fully saturated rings. The highest BCUT2D eigenvalue weighted by atomic mass is 16.2. The van der Waals surface area contributed by atoms with Gasteiger partial charge in [-0.1, -0.05) is 59.3 Å². The van der Waals surface area contributed by atoms with E-state index in [1.165, 1.54) is 47.0 Å². The lowest BCUT2D eigenvalue weighted by atomic mass is 10.1. The van der Waals surface area contributed by atoms with Gasteiger partial charge < -0.3 is 0 Å². The summed E-state index contributed by atoms with van der Waals surface area (Å²) < 4.78 is 2.55. The summed E-state index contributed by atoms with van der Waals surface area (Å²) in [5.41, 5.74) is -1.44. The summed E-state index contributed by atoms with van der Waals surface area (Å²) in [7, 11) is 0. The number of unbranched alkanes of at least 4 members (excludes halogenated alkanes) is 6. The minimum absolute atomic E-state index is 0.174. The number of nitrogens with zero attached hydrogens (tertiary/aromatic N) is 2. The van der Waals surface area contributed by atoms with E-state index in [1.54, 1.807) is 0 Å². The fraction of sp³-hybridized carbons (Fsp3) is 0.583. The zero-order valence-corrected chi connectivity index (χ0v) is 18.3. The Morgan fingerprint density at radius 3 is 1.53 bits per heavy atom. The summed E-state index contributed by atoms with van der Waals surface area (Å²) in [5, 5.41) is 0.970. The third kappa shape index (κ3) is 3.92. The minimum atomic E-state index is -0.364. The van der Waals surface area contributed by atoms with E-state index < -0.39 is 0 Å². The minimum Gasteiger partial charge on any atom is -0.274 e. The molecular weight excluding hydrogens is 380 g/mol. The molecule has 30 heavy (non-hydrogen) atoms. The van der Waals surface area contributed by atoms with Gasteiger partial charge in [-0.15, -0.1) is 0 Å². The molecule has 0 saturated heterocycles. The zero-order chi connectivity index (χ0) is 21.8. The number of hydrogen-bond donors (Lipinski definition) is 0. The van der Waals surface area contributed by atoms with Gasteiger partial charge in [-0.3, -0.25) is 28.3 Å². The molecule has 0 unspecified atom stereocenters. The van der Waals surface area contributed by atoms with Crippen molar-refractivity contribution in [1.29, 1.82) is 0 Å². The normalized spacial score (nSPS) is 12.0. The molecule has 6 nitrogen and oxygen atoms in total. The third-order valence-electron chi connectivity index (χ3n) is 6.30. The molecule has 0 N–H and O–H groups in total. The van der Waals surface area contributed by atoms with Crippen molar-refractivity contribution >= 4 is 21.5 Å². The Morgan fingerprint density at radius 1 is 0.633 bits per heavy atom. The zero-order valence-electron chi connectivity index (χ0n) is 18.3. The SMILES string of the molecule is CCCCCCCCCn1c(=O)c2cc3c(=O)n(C(CC)CC)c(=O)c3cc2c1=O. The van der Waals surface area contributed by atoms with Gasteiger partial charge in [0, 0.05) is 12.6 Å². The van der Waals surface area contributed by atoms with E-state index in [9.17, 15) is 19.2 Å². The fourth-order valence-electron chi connectivity index (χ4n) is 4.46. The molecule has 6 heteroatoms. The van der Waals surface area contributed by atoms with Gasteiger partial charge in [0.1, 0.15) is 0 Å². The summed E-state index contributed by atoms with van der Waals surface area (Å²) in [4.78, 5) is 51.3. The molecule has 3 aromatic rings. The average Bonchev–Trinajstić information content (AvgIpc) is 3.13. The highest BCUT2D eigenvalue weighted by Crippen LogP contribution is 2.18. The Labute approximate surface area is 175 Å². The Hall–Kier alpha value is -2.50. The maximum absolute atomic E-state index is 12.9. The second-order valence-corrected chi connectivity index (χ2v) is 8.28. The predicted molar refractivity (Wildman–Crippen MR) is 122 cm³/mol. The molecule has 0 bridgehead atoms. The first kappa shape index (κ1) is 22.2. The van der Waals surface area contributed by atoms with Crippen LogP contribution in [0.3, 0.4) is 0 Å². The number of benzene rings is 1. The van der Waals surface area contributed by atoms with Crippen LogP contribution in [0, 0.1) is 0 Å². The molecule has 2 heterocycles. The van der Waals surface area contributed by atoms with Gasteiger partial charge in [-0.2, -0.15) is 0 Å². The van der Waals surface area contributed by atoms with Crippen molar-refractivity contribution in [2.24, 2.45) is 0 Å². The van der Waals surface area contributed by atoms with Gasteiger partial charge in [0.05, 0.1) is 21.5 Å². The van der Waals surface area contributed by atoms with Gasteiger partial charge in [0.2, 0.25) is 0 Å². The smallest absolute Gasteiger partial charge is 0.261 e. The number of hydrogen-bond acceptors (Lipinski definition) is 4. The molecule has 0 aliphatic carbocycles. The number of aromatic nitrogens is 2. The van der Waals surface area contributed by atoms with Crippen LogP contribution in [0.25, 0.3) is 21.5 Å².